The molecule has 31 heavy (non-hydrogen) atoms. The van der Waals surface area contributed by atoms with Crippen molar-refractivity contribution in [1.29, 1.82) is 0 Å². The molecule has 0 aliphatic carbocycles. The number of benzene rings is 2. The van der Waals surface area contributed by atoms with E-state index >= 15 is 0 Å². The third-order valence-corrected chi connectivity index (χ3v) is 6.69. The van der Waals surface area contributed by atoms with Gasteiger partial charge < -0.3 is 10.2 Å². The average Bonchev–Trinajstić information content (AvgIpc) is 3.15. The van der Waals surface area contributed by atoms with Gasteiger partial charge in [0.25, 0.3) is 0 Å². The molecular formula is C21H21F3N2O4S. The minimum Gasteiger partial charge on any atom is -0.326 e. The summed E-state index contributed by atoms with van der Waals surface area (Å²) >= 11 is 0. The maximum Gasteiger partial charge on any atom is 0.416 e. The molecule has 0 unspecified atom stereocenters. The molecule has 0 atom stereocenters. The van der Waals surface area contributed by atoms with Gasteiger partial charge >= 0.3 is 6.18 Å². The number of fused-ring (bicyclic) bond motifs is 1. The van der Waals surface area contributed by atoms with Crippen molar-refractivity contribution in [2.45, 2.75) is 37.3 Å². The minimum absolute atomic E-state index is 0.0411. The van der Waals surface area contributed by atoms with E-state index in [0.29, 0.717) is 25.1 Å². The van der Waals surface area contributed by atoms with Crippen LogP contribution in [0.25, 0.3) is 0 Å². The van der Waals surface area contributed by atoms with Gasteiger partial charge in [-0.3, -0.25) is 9.59 Å². The number of hydrogen-bond acceptors (Lipinski definition) is 4. The van der Waals surface area contributed by atoms with Crippen LogP contribution in [0.15, 0.2) is 47.4 Å². The Balaban J connectivity index is 1.66. The lowest BCUT2D eigenvalue weighted by atomic mass is 10.2. The molecule has 6 nitrogen and oxygen atoms in total. The van der Waals surface area contributed by atoms with Gasteiger partial charge in [0.15, 0.2) is 9.84 Å². The molecule has 10 heteroatoms. The van der Waals surface area contributed by atoms with Crippen LogP contribution in [0, 0.1) is 0 Å². The number of nitrogens with zero attached hydrogens (tertiary/aromatic N) is 1. The van der Waals surface area contributed by atoms with E-state index in [9.17, 15) is 31.2 Å². The van der Waals surface area contributed by atoms with Gasteiger partial charge in [-0.15, -0.1) is 0 Å². The number of rotatable bonds is 6. The topological polar surface area (TPSA) is 83.6 Å². The number of carbonyl (C=O) groups excluding carboxylic acids is 2. The zero-order valence-electron chi connectivity index (χ0n) is 16.7. The van der Waals surface area contributed by atoms with Crippen molar-refractivity contribution in [3.63, 3.8) is 0 Å². The Morgan fingerprint density at radius 3 is 2.55 bits per heavy atom. The van der Waals surface area contributed by atoms with E-state index in [-0.39, 0.29) is 16.5 Å². The first-order valence-corrected chi connectivity index (χ1v) is 11.3. The van der Waals surface area contributed by atoms with Gasteiger partial charge in [0.05, 0.1) is 16.2 Å². The van der Waals surface area contributed by atoms with Crippen LogP contribution >= 0.6 is 0 Å². The van der Waals surface area contributed by atoms with Crippen LogP contribution in [-0.4, -0.2) is 32.5 Å². The van der Waals surface area contributed by atoms with Crippen molar-refractivity contribution in [3.05, 3.63) is 53.6 Å². The molecule has 0 fully saturated rings. The SMILES string of the molecule is CCC(=O)N1CCc2cc(S(=O)(=O)CCC(=O)Nc3cccc(C(F)(F)F)c3)ccc21. The van der Waals surface area contributed by atoms with Gasteiger partial charge in [-0.05, 0) is 48.4 Å². The Bertz CT molecular complexity index is 1110. The van der Waals surface area contributed by atoms with E-state index in [2.05, 4.69) is 5.32 Å². The summed E-state index contributed by atoms with van der Waals surface area (Å²) < 4.78 is 63.6. The molecule has 0 saturated carbocycles. The maximum atomic E-state index is 12.8. The smallest absolute Gasteiger partial charge is 0.326 e. The number of sulfone groups is 1. The number of hydrogen-bond donors (Lipinski definition) is 1. The van der Waals surface area contributed by atoms with Crippen LogP contribution in [0.5, 0.6) is 0 Å². The third kappa shape index (κ3) is 5.25. The number of carbonyl (C=O) groups is 2. The average molecular weight is 454 g/mol. The van der Waals surface area contributed by atoms with Crippen LogP contribution in [0.3, 0.4) is 0 Å². The lowest BCUT2D eigenvalue weighted by Crippen LogP contribution is -2.27. The molecule has 166 valence electrons. The van der Waals surface area contributed by atoms with Gasteiger partial charge in [-0.2, -0.15) is 13.2 Å². The van der Waals surface area contributed by atoms with Crippen molar-refractivity contribution in [1.82, 2.24) is 0 Å². The highest BCUT2D eigenvalue weighted by Gasteiger charge is 2.30. The van der Waals surface area contributed by atoms with Crippen LogP contribution in [-0.2, 0) is 32.0 Å². The molecule has 3 rings (SSSR count). The van der Waals surface area contributed by atoms with Crippen LogP contribution in [0.1, 0.15) is 30.9 Å². The second kappa shape index (κ2) is 8.70. The van der Waals surface area contributed by atoms with Gasteiger partial charge in [0.1, 0.15) is 0 Å². The third-order valence-electron chi connectivity index (χ3n) is 4.98. The van der Waals surface area contributed by atoms with E-state index in [1.165, 1.54) is 18.2 Å². The van der Waals surface area contributed by atoms with E-state index in [1.807, 2.05) is 0 Å². The molecule has 1 aliphatic rings. The number of nitrogens with one attached hydrogen (secondary N) is 1. The summed E-state index contributed by atoms with van der Waals surface area (Å²) in [5, 5.41) is 2.30. The fourth-order valence-electron chi connectivity index (χ4n) is 3.36. The first kappa shape index (κ1) is 22.8. The molecule has 0 spiro atoms. The number of halogens is 3. The van der Waals surface area contributed by atoms with E-state index < -0.39 is 39.7 Å². The van der Waals surface area contributed by atoms with Crippen LogP contribution < -0.4 is 10.2 Å². The Kier molecular flexibility index (Phi) is 6.40. The molecule has 2 aromatic carbocycles. The molecule has 0 radical (unpaired) electrons. The first-order valence-electron chi connectivity index (χ1n) is 9.64. The maximum absolute atomic E-state index is 12.8. The first-order chi connectivity index (χ1) is 14.5. The predicted molar refractivity (Wildman–Crippen MR) is 110 cm³/mol. The highest BCUT2D eigenvalue weighted by atomic mass is 32.2. The minimum atomic E-state index is -4.55. The second-order valence-electron chi connectivity index (χ2n) is 7.14. The van der Waals surface area contributed by atoms with E-state index in [0.717, 1.165) is 23.8 Å². The summed E-state index contributed by atoms with van der Waals surface area (Å²) in [6.07, 6.45) is -4.06. The Hall–Kier alpha value is -2.88. The monoisotopic (exact) mass is 454 g/mol. The molecule has 1 aliphatic heterocycles. The van der Waals surface area contributed by atoms with Gasteiger partial charge in [0, 0.05) is 30.8 Å². The molecule has 1 heterocycles. The number of amides is 2. The normalized spacial score (nSPS) is 13.7. The summed E-state index contributed by atoms with van der Waals surface area (Å²) in [6, 6.07) is 8.63. The molecule has 0 bridgehead atoms. The molecular weight excluding hydrogens is 433 g/mol. The van der Waals surface area contributed by atoms with Crippen molar-refractivity contribution in [3.8, 4) is 0 Å². The fraction of sp³-hybridized carbons (Fsp3) is 0.333. The molecule has 2 amide bonds. The standard InChI is InChI=1S/C21H21F3N2O4S/c1-2-20(28)26-10-8-14-12-17(6-7-18(14)26)31(29,30)11-9-19(27)25-16-5-3-4-15(13-16)21(22,23)24/h3-7,12-13H,2,8-11H2,1H3,(H,25,27). The number of anilines is 2. The fourth-order valence-corrected chi connectivity index (χ4v) is 4.65. The lowest BCUT2D eigenvalue weighted by Gasteiger charge is -2.16. The highest BCUT2D eigenvalue weighted by Crippen LogP contribution is 2.32. The van der Waals surface area contributed by atoms with Gasteiger partial charge in [-0.1, -0.05) is 13.0 Å². The summed E-state index contributed by atoms with van der Waals surface area (Å²) in [7, 11) is -3.79. The summed E-state index contributed by atoms with van der Waals surface area (Å²) in [5.74, 6) is -1.24. The van der Waals surface area contributed by atoms with Crippen LogP contribution in [0.2, 0.25) is 0 Å². The van der Waals surface area contributed by atoms with Gasteiger partial charge in [-0.25, -0.2) is 8.42 Å². The van der Waals surface area contributed by atoms with Crippen molar-refractivity contribution < 1.29 is 31.2 Å². The summed E-state index contributed by atoms with van der Waals surface area (Å²) in [5.41, 5.74) is 0.464. The Labute approximate surface area is 178 Å². The molecule has 2 aromatic rings. The lowest BCUT2D eigenvalue weighted by molar-refractivity contribution is -0.137. The zero-order valence-corrected chi connectivity index (χ0v) is 17.5. The zero-order chi connectivity index (χ0) is 22.8. The number of alkyl halides is 3. The Morgan fingerprint density at radius 2 is 1.87 bits per heavy atom. The van der Waals surface area contributed by atoms with Crippen LogP contribution in [0.4, 0.5) is 24.5 Å². The highest BCUT2D eigenvalue weighted by molar-refractivity contribution is 7.91. The Morgan fingerprint density at radius 1 is 1.13 bits per heavy atom. The molecule has 1 N–H and O–H groups in total. The molecule has 0 saturated heterocycles. The van der Waals surface area contributed by atoms with Crippen molar-refractivity contribution >= 4 is 33.0 Å². The predicted octanol–water partition coefficient (Wildman–Crippen LogP) is 3.81. The van der Waals surface area contributed by atoms with Crippen molar-refractivity contribution in [2.75, 3.05) is 22.5 Å². The quantitative estimate of drug-likeness (QED) is 0.720. The second-order valence-corrected chi connectivity index (χ2v) is 9.24. The van der Waals surface area contributed by atoms with E-state index in [4.69, 9.17) is 0 Å². The van der Waals surface area contributed by atoms with Gasteiger partial charge in [0.2, 0.25) is 11.8 Å². The molecule has 0 aromatic heterocycles. The largest absolute Gasteiger partial charge is 0.416 e. The van der Waals surface area contributed by atoms with Crippen molar-refractivity contribution in [2.24, 2.45) is 0 Å². The van der Waals surface area contributed by atoms with E-state index in [1.54, 1.807) is 17.9 Å². The summed E-state index contributed by atoms with van der Waals surface area (Å²) in [4.78, 5) is 25.7. The summed E-state index contributed by atoms with van der Waals surface area (Å²) in [6.45, 7) is 2.24.